The van der Waals surface area contributed by atoms with Gasteiger partial charge in [0, 0.05) is 43.9 Å². The van der Waals surface area contributed by atoms with Gasteiger partial charge in [-0.2, -0.15) is 0 Å². The summed E-state index contributed by atoms with van der Waals surface area (Å²) in [6.07, 6.45) is 0. The molecule has 0 saturated heterocycles. The zero-order valence-corrected chi connectivity index (χ0v) is 29.1. The van der Waals surface area contributed by atoms with Crippen LogP contribution in [0.4, 0.5) is 0 Å². The van der Waals surface area contributed by atoms with Crippen LogP contribution in [-0.4, -0.2) is 19.1 Å². The Bertz CT molecular complexity index is 3240. The lowest BCUT2D eigenvalue weighted by Crippen LogP contribution is -2.04. The zero-order chi connectivity index (χ0) is 35.3. The molecule has 0 saturated carbocycles. The highest BCUT2D eigenvalue weighted by atomic mass is 15.2. The molecule has 1 aliphatic rings. The summed E-state index contributed by atoms with van der Waals surface area (Å²) >= 11 is 0. The van der Waals surface area contributed by atoms with Crippen molar-refractivity contribution in [1.29, 1.82) is 0 Å². The van der Waals surface area contributed by atoms with Gasteiger partial charge in [0.15, 0.2) is 0 Å². The molecule has 4 nitrogen and oxygen atoms in total. The molecule has 1 aliphatic carbocycles. The van der Waals surface area contributed by atoms with Gasteiger partial charge in [-0.05, 0) is 63.9 Å². The van der Waals surface area contributed by atoms with Gasteiger partial charge >= 0.3 is 0 Å². The van der Waals surface area contributed by atoms with Crippen LogP contribution in [0.2, 0.25) is 0 Å². The Morgan fingerprint density at radius 2 is 0.963 bits per heavy atom. The Balaban J connectivity index is 1.34. The smallest absolute Gasteiger partial charge is 0.235 e. The second-order valence-electron chi connectivity index (χ2n) is 14.1. The molecule has 54 heavy (non-hydrogen) atoms. The first-order valence-electron chi connectivity index (χ1n) is 18.4. The fourth-order valence-corrected chi connectivity index (χ4v) is 9.03. The fourth-order valence-electron chi connectivity index (χ4n) is 9.03. The molecular weight excluding hydrogens is 657 g/mol. The lowest BCUT2D eigenvalue weighted by Gasteiger charge is -2.16. The minimum absolute atomic E-state index is 0.647. The SMILES string of the molecule is c1ccc(-c2cc(-c3ccccc3)nc(-n3c4cc5c(c6c4c4c7c(cccc7ccc43)-c3ccccc3-6)c3ccccc3n5-c3ccccc3)n2)cc1. The number of hydrogen-bond acceptors (Lipinski definition) is 2. The minimum atomic E-state index is 0.647. The molecule has 250 valence electrons. The van der Waals surface area contributed by atoms with E-state index in [4.69, 9.17) is 9.97 Å². The largest absolute Gasteiger partial charge is 0.309 e. The highest BCUT2D eigenvalue weighted by molar-refractivity contribution is 6.36. The van der Waals surface area contributed by atoms with E-state index < -0.39 is 0 Å². The van der Waals surface area contributed by atoms with Crippen molar-refractivity contribution in [3.05, 3.63) is 182 Å². The molecule has 0 aliphatic heterocycles. The lowest BCUT2D eigenvalue weighted by atomic mass is 9.91. The third-order valence-electron chi connectivity index (χ3n) is 11.3. The van der Waals surface area contributed by atoms with Gasteiger partial charge < -0.3 is 4.57 Å². The van der Waals surface area contributed by atoms with Crippen LogP contribution in [0, 0.1) is 0 Å². The van der Waals surface area contributed by atoms with Crippen molar-refractivity contribution in [2.45, 2.75) is 0 Å². The summed E-state index contributed by atoms with van der Waals surface area (Å²) in [7, 11) is 0. The molecule has 0 spiro atoms. The van der Waals surface area contributed by atoms with Crippen molar-refractivity contribution in [3.63, 3.8) is 0 Å². The average Bonchev–Trinajstić information content (AvgIpc) is 3.72. The summed E-state index contributed by atoms with van der Waals surface area (Å²) in [6, 6.07) is 65.2. The van der Waals surface area contributed by atoms with E-state index in [-0.39, 0.29) is 0 Å². The first-order valence-corrected chi connectivity index (χ1v) is 18.4. The number of para-hydroxylation sites is 2. The van der Waals surface area contributed by atoms with E-state index in [0.717, 1.165) is 44.8 Å². The first kappa shape index (κ1) is 29.3. The van der Waals surface area contributed by atoms with E-state index in [2.05, 4.69) is 179 Å². The van der Waals surface area contributed by atoms with Crippen LogP contribution in [0.25, 0.3) is 111 Å². The predicted molar refractivity (Wildman–Crippen MR) is 224 cm³/mol. The maximum atomic E-state index is 5.41. The Morgan fingerprint density at radius 1 is 0.352 bits per heavy atom. The van der Waals surface area contributed by atoms with Crippen LogP contribution in [-0.2, 0) is 0 Å². The van der Waals surface area contributed by atoms with Crippen LogP contribution in [0.1, 0.15) is 0 Å². The Hall–Kier alpha value is -7.30. The maximum absolute atomic E-state index is 5.41. The molecule has 0 radical (unpaired) electrons. The number of rotatable bonds is 4. The number of nitrogens with zero attached hydrogens (tertiary/aromatic N) is 4. The third-order valence-corrected chi connectivity index (χ3v) is 11.3. The molecule has 3 heterocycles. The zero-order valence-electron chi connectivity index (χ0n) is 29.1. The summed E-state index contributed by atoms with van der Waals surface area (Å²) in [6.45, 7) is 0. The highest BCUT2D eigenvalue weighted by Gasteiger charge is 2.29. The maximum Gasteiger partial charge on any atom is 0.235 e. The Morgan fingerprint density at radius 3 is 1.70 bits per heavy atom. The molecule has 0 atom stereocenters. The van der Waals surface area contributed by atoms with E-state index in [1.54, 1.807) is 0 Å². The molecule has 11 aromatic rings. The number of fused-ring (bicyclic) bond motifs is 7. The summed E-state index contributed by atoms with van der Waals surface area (Å²) in [5.41, 5.74) is 14.5. The van der Waals surface area contributed by atoms with Gasteiger partial charge in [0.05, 0.1) is 33.5 Å². The third kappa shape index (κ3) is 4.02. The molecule has 12 rings (SSSR count). The lowest BCUT2D eigenvalue weighted by molar-refractivity contribution is 0.996. The predicted octanol–water partition coefficient (Wildman–Crippen LogP) is 12.8. The van der Waals surface area contributed by atoms with Crippen molar-refractivity contribution >= 4 is 54.4 Å². The average molecular weight is 687 g/mol. The minimum Gasteiger partial charge on any atom is -0.309 e. The van der Waals surface area contributed by atoms with E-state index in [9.17, 15) is 0 Å². The monoisotopic (exact) mass is 686 g/mol. The van der Waals surface area contributed by atoms with Crippen LogP contribution in [0.15, 0.2) is 182 Å². The number of aromatic nitrogens is 4. The molecule has 3 aromatic heterocycles. The molecule has 0 N–H and O–H groups in total. The van der Waals surface area contributed by atoms with Gasteiger partial charge in [0.2, 0.25) is 5.95 Å². The fraction of sp³-hybridized carbons (Fsp3) is 0. The molecule has 4 heteroatoms. The van der Waals surface area contributed by atoms with Crippen LogP contribution in [0.3, 0.4) is 0 Å². The van der Waals surface area contributed by atoms with E-state index in [0.29, 0.717) is 5.95 Å². The van der Waals surface area contributed by atoms with Gasteiger partial charge in [-0.25, -0.2) is 9.97 Å². The molecule has 8 aromatic carbocycles. The van der Waals surface area contributed by atoms with Crippen LogP contribution >= 0.6 is 0 Å². The number of hydrogen-bond donors (Lipinski definition) is 0. The number of benzene rings is 8. The van der Waals surface area contributed by atoms with Gasteiger partial charge in [-0.1, -0.05) is 146 Å². The highest BCUT2D eigenvalue weighted by Crippen LogP contribution is 2.53. The summed E-state index contributed by atoms with van der Waals surface area (Å²) in [4.78, 5) is 10.8. The molecule has 0 unspecified atom stereocenters. The van der Waals surface area contributed by atoms with Gasteiger partial charge in [-0.3, -0.25) is 4.57 Å². The topological polar surface area (TPSA) is 35.6 Å². The van der Waals surface area contributed by atoms with E-state index in [1.807, 2.05) is 12.1 Å². The quantitative estimate of drug-likeness (QED) is 0.185. The van der Waals surface area contributed by atoms with E-state index >= 15 is 0 Å². The second kappa shape index (κ2) is 11.1. The van der Waals surface area contributed by atoms with Crippen LogP contribution in [0.5, 0.6) is 0 Å². The molecule has 0 fully saturated rings. The standard InChI is InChI=1S/C50H30N4/c1-4-15-31(16-5-1)39-29-40(32-17-6-2-7-18-32)52-50(51-39)54-42-28-27-33-19-14-25-36-35-22-10-11-23-37(35)47-46-38-24-12-13-26-41(38)53(34-20-8-3-9-21-34)43(46)30-44(54)49(47)48(42)45(33)36/h1-30H. The Labute approximate surface area is 310 Å². The van der Waals surface area contributed by atoms with Gasteiger partial charge in [-0.15, -0.1) is 0 Å². The van der Waals surface area contributed by atoms with Crippen molar-refractivity contribution in [2.24, 2.45) is 0 Å². The molecule has 0 amide bonds. The van der Waals surface area contributed by atoms with Crippen molar-refractivity contribution in [1.82, 2.24) is 19.1 Å². The molecule has 0 bridgehead atoms. The van der Waals surface area contributed by atoms with Gasteiger partial charge in [0.25, 0.3) is 0 Å². The second-order valence-corrected chi connectivity index (χ2v) is 14.1. The normalized spacial score (nSPS) is 12.1. The summed E-state index contributed by atoms with van der Waals surface area (Å²) < 4.78 is 4.75. The van der Waals surface area contributed by atoms with E-state index in [1.165, 1.54) is 60.1 Å². The van der Waals surface area contributed by atoms with Crippen LogP contribution < -0.4 is 0 Å². The summed E-state index contributed by atoms with van der Waals surface area (Å²) in [5, 5.41) is 7.43. The van der Waals surface area contributed by atoms with Crippen molar-refractivity contribution in [3.8, 4) is 56.4 Å². The molecular formula is C50H30N4. The van der Waals surface area contributed by atoms with Crippen molar-refractivity contribution < 1.29 is 0 Å². The van der Waals surface area contributed by atoms with Gasteiger partial charge in [0.1, 0.15) is 0 Å². The first-order chi connectivity index (χ1) is 26.8. The van der Waals surface area contributed by atoms with Crippen molar-refractivity contribution in [2.75, 3.05) is 0 Å². The summed E-state index contributed by atoms with van der Waals surface area (Å²) in [5.74, 6) is 0.647. The Kier molecular flexibility index (Phi) is 6.02.